The fourth-order valence-corrected chi connectivity index (χ4v) is 2.17. The van der Waals surface area contributed by atoms with E-state index in [1.807, 2.05) is 0 Å². The molecule has 3 heteroatoms. The zero-order valence-corrected chi connectivity index (χ0v) is 11.9. The number of ether oxygens (including phenoxy) is 1. The monoisotopic (exact) mass is 287 g/mol. The summed E-state index contributed by atoms with van der Waals surface area (Å²) in [5.41, 5.74) is -3.04. The minimum Gasteiger partial charge on any atom is -0.497 e. The van der Waals surface area contributed by atoms with Crippen LogP contribution in [-0.2, 0) is 0 Å². The van der Waals surface area contributed by atoms with Crippen LogP contribution in [0.1, 0.15) is 57.1 Å². The number of rotatable bonds is 5. The van der Waals surface area contributed by atoms with Crippen molar-refractivity contribution in [1.29, 1.82) is 0 Å². The Bertz CT molecular complexity index is 749. The molecule has 0 amide bonds. The molecule has 1 aromatic carbocycles. The lowest BCUT2D eigenvalue weighted by Crippen LogP contribution is -2.42. The first-order chi connectivity index (χ1) is 13.3. The molecule has 3 nitrogen and oxygen atoms in total. The molecule has 1 aromatic rings. The molecule has 2 rings (SSSR count). The van der Waals surface area contributed by atoms with Gasteiger partial charge in [-0.2, -0.15) is 0 Å². The van der Waals surface area contributed by atoms with Crippen LogP contribution in [0.4, 0.5) is 0 Å². The van der Waals surface area contributed by atoms with Gasteiger partial charge in [0.2, 0.25) is 0 Å². The van der Waals surface area contributed by atoms with Gasteiger partial charge in [0.25, 0.3) is 0 Å². The highest BCUT2D eigenvalue weighted by atomic mass is 16.5. The fourth-order valence-electron chi connectivity index (χ4n) is 2.17. The summed E-state index contributed by atoms with van der Waals surface area (Å²) in [6.07, 6.45) is -17.7. The van der Waals surface area contributed by atoms with Crippen LogP contribution in [-0.4, -0.2) is 43.4 Å². The van der Waals surface area contributed by atoms with Crippen molar-refractivity contribution in [2.45, 2.75) is 43.4 Å². The van der Waals surface area contributed by atoms with E-state index >= 15 is 0 Å². The third-order valence-corrected chi connectivity index (χ3v) is 3.20. The molecule has 1 N–H and O–H groups in total. The van der Waals surface area contributed by atoms with Crippen LogP contribution in [0, 0.1) is 0 Å². The molecule has 1 aliphatic rings. The second-order valence-corrected chi connectivity index (χ2v) is 4.98. The zero-order chi connectivity index (χ0) is 23.6. The summed E-state index contributed by atoms with van der Waals surface area (Å²) >= 11 is 0. The molecule has 0 aromatic heterocycles. The normalized spacial score (nSPS) is 39.9. The van der Waals surface area contributed by atoms with E-state index < -0.39 is 43.4 Å². The predicted octanol–water partition coefficient (Wildman–Crippen LogP) is 3.04. The largest absolute Gasteiger partial charge is 0.497 e. The maximum atomic E-state index is 11.7. The van der Waals surface area contributed by atoms with Gasteiger partial charge in [-0.05, 0) is 44.5 Å². The smallest absolute Gasteiger partial charge is 0.118 e. The minimum absolute atomic E-state index is 0.156. The molecule has 20 heavy (non-hydrogen) atoms. The Morgan fingerprint density at radius 1 is 1.25 bits per heavy atom. The third-order valence-electron chi connectivity index (χ3n) is 3.20. The highest BCUT2D eigenvalue weighted by molar-refractivity contribution is 5.31. The standard InChI is InChI=1S/C17H27NO2/c1-18(2)13-16(17(19)11-5-4-6-12-17)14-7-9-15(20-3)10-8-14/h7-10,16,19H,4-6,11-13H2,1-3H3/t16-/m1/s1/i4D2,5D2,6D2,11D2,12D2. The van der Waals surface area contributed by atoms with Crippen molar-refractivity contribution in [1.82, 2.24) is 4.90 Å². The maximum Gasteiger partial charge on any atom is 0.118 e. The van der Waals surface area contributed by atoms with Gasteiger partial charge >= 0.3 is 0 Å². The molecule has 0 heterocycles. The lowest BCUT2D eigenvalue weighted by molar-refractivity contribution is -0.0277. The molecule has 0 unspecified atom stereocenters. The lowest BCUT2D eigenvalue weighted by atomic mass is 9.72. The Kier molecular flexibility index (Phi) is 2.24. The van der Waals surface area contributed by atoms with E-state index in [1.165, 1.54) is 36.3 Å². The average molecular weight is 287 g/mol. The number of aliphatic hydroxyl groups is 1. The Morgan fingerprint density at radius 3 is 2.35 bits per heavy atom. The number of nitrogens with zero attached hydrogens (tertiary/aromatic N) is 1. The first kappa shape index (κ1) is 6.80. The second kappa shape index (κ2) is 6.59. The molecular formula is C17H27NO2. The number of hydrogen-bond acceptors (Lipinski definition) is 3. The van der Waals surface area contributed by atoms with E-state index in [0.717, 1.165) is 0 Å². The van der Waals surface area contributed by atoms with Gasteiger partial charge in [-0.15, -0.1) is 0 Å². The highest BCUT2D eigenvalue weighted by Gasteiger charge is 2.38. The maximum absolute atomic E-state index is 11.7. The Hall–Kier alpha value is -1.06. The first-order valence-electron chi connectivity index (χ1n) is 11.4. The number of likely N-dealkylation sites (N-methyl/N-ethyl adjacent to an activating group) is 1. The van der Waals surface area contributed by atoms with Crippen molar-refractivity contribution in [3.05, 3.63) is 29.8 Å². The highest BCUT2D eigenvalue weighted by Crippen LogP contribution is 2.40. The molecule has 0 bridgehead atoms. The third kappa shape index (κ3) is 3.53. The molecule has 0 saturated heterocycles. The van der Waals surface area contributed by atoms with E-state index in [1.54, 1.807) is 14.1 Å². The van der Waals surface area contributed by atoms with Crippen molar-refractivity contribution < 1.29 is 23.6 Å². The Labute approximate surface area is 136 Å². The van der Waals surface area contributed by atoms with Gasteiger partial charge in [0, 0.05) is 26.2 Å². The van der Waals surface area contributed by atoms with Crippen LogP contribution >= 0.6 is 0 Å². The summed E-state index contributed by atoms with van der Waals surface area (Å²) in [5, 5.41) is 11.7. The van der Waals surface area contributed by atoms with Gasteiger partial charge in [-0.1, -0.05) is 31.3 Å². The van der Waals surface area contributed by atoms with Crippen LogP contribution in [0.2, 0.25) is 0 Å². The Balaban J connectivity index is 2.87. The lowest BCUT2D eigenvalue weighted by Gasteiger charge is -2.40. The molecule has 0 spiro atoms. The molecule has 0 aliphatic heterocycles. The molecule has 0 radical (unpaired) electrons. The molecule has 1 aliphatic carbocycles. The van der Waals surface area contributed by atoms with E-state index in [-0.39, 0.29) is 12.1 Å². The quantitative estimate of drug-likeness (QED) is 0.903. The SMILES string of the molecule is [2H]C1([2H])C([2H])([2H])C([2H])([2H])C(O)([C@H](CN(C)C)c2ccc(OC)cc2)C([2H])([2H])C1([2H])[2H]. The van der Waals surface area contributed by atoms with Gasteiger partial charge < -0.3 is 14.7 Å². The van der Waals surface area contributed by atoms with E-state index in [0.29, 0.717) is 5.75 Å². The van der Waals surface area contributed by atoms with Crippen LogP contribution in [0.25, 0.3) is 0 Å². The van der Waals surface area contributed by atoms with E-state index in [9.17, 15) is 5.11 Å². The molecular weight excluding hydrogens is 250 g/mol. The van der Waals surface area contributed by atoms with Gasteiger partial charge in [0.1, 0.15) is 5.75 Å². The van der Waals surface area contributed by atoms with Crippen LogP contribution < -0.4 is 4.74 Å². The number of hydrogen-bond donors (Lipinski definition) is 1. The Morgan fingerprint density at radius 2 is 1.85 bits per heavy atom. The second-order valence-electron chi connectivity index (χ2n) is 4.98. The van der Waals surface area contributed by atoms with Gasteiger partial charge in [0.05, 0.1) is 12.7 Å². The van der Waals surface area contributed by atoms with Crippen molar-refractivity contribution in [2.75, 3.05) is 27.7 Å². The summed E-state index contributed by atoms with van der Waals surface area (Å²) in [4.78, 5) is 1.54. The summed E-state index contributed by atoms with van der Waals surface area (Å²) in [6, 6.07) is 5.95. The van der Waals surface area contributed by atoms with E-state index in [4.69, 9.17) is 18.4 Å². The van der Waals surface area contributed by atoms with Crippen molar-refractivity contribution in [3.8, 4) is 5.75 Å². The summed E-state index contributed by atoms with van der Waals surface area (Å²) in [7, 11) is 4.62. The van der Waals surface area contributed by atoms with Crippen LogP contribution in [0.5, 0.6) is 5.75 Å². The van der Waals surface area contributed by atoms with Gasteiger partial charge in [-0.25, -0.2) is 0 Å². The number of benzene rings is 1. The van der Waals surface area contributed by atoms with Gasteiger partial charge in [-0.3, -0.25) is 0 Å². The topological polar surface area (TPSA) is 32.7 Å². The zero-order valence-electron chi connectivity index (χ0n) is 21.9. The van der Waals surface area contributed by atoms with Crippen molar-refractivity contribution in [2.24, 2.45) is 0 Å². The van der Waals surface area contributed by atoms with Crippen molar-refractivity contribution >= 4 is 0 Å². The summed E-state index contributed by atoms with van der Waals surface area (Å²) in [6.45, 7) is -0.156. The average Bonchev–Trinajstić information content (AvgIpc) is 2.63. The van der Waals surface area contributed by atoms with E-state index in [2.05, 4.69) is 0 Å². The molecule has 1 saturated carbocycles. The van der Waals surface area contributed by atoms with Gasteiger partial charge in [0.15, 0.2) is 0 Å². The molecule has 1 fully saturated rings. The summed E-state index contributed by atoms with van der Waals surface area (Å²) in [5.74, 6) is -0.990. The van der Waals surface area contributed by atoms with Crippen LogP contribution in [0.15, 0.2) is 24.3 Å². The first-order valence-corrected chi connectivity index (χ1v) is 6.35. The van der Waals surface area contributed by atoms with Crippen LogP contribution in [0.3, 0.4) is 0 Å². The molecule has 112 valence electrons. The fraction of sp³-hybridized carbons (Fsp3) is 0.647. The predicted molar refractivity (Wildman–Crippen MR) is 82.3 cm³/mol. The summed E-state index contributed by atoms with van der Waals surface area (Å²) < 4.78 is 87.3. The minimum atomic E-state index is -3.57. The molecule has 1 atom stereocenters. The van der Waals surface area contributed by atoms with Crippen molar-refractivity contribution in [3.63, 3.8) is 0 Å². The number of methoxy groups -OCH3 is 1.